The molecule has 1 aromatic heterocycles. The van der Waals surface area contributed by atoms with Crippen molar-refractivity contribution in [1.29, 1.82) is 0 Å². The lowest BCUT2D eigenvalue weighted by atomic mass is 9.99. The number of carbonyl (C=O) groups is 1. The van der Waals surface area contributed by atoms with Gasteiger partial charge in [-0.25, -0.2) is 17.7 Å². The van der Waals surface area contributed by atoms with Gasteiger partial charge in [0.2, 0.25) is 15.9 Å². The molecular weight excluding hydrogens is 418 g/mol. The molecule has 9 heteroatoms. The predicted molar refractivity (Wildman–Crippen MR) is 113 cm³/mol. The molecule has 1 atom stereocenters. The molecule has 1 aromatic carbocycles. The molecule has 0 spiro atoms. The fourth-order valence-corrected chi connectivity index (χ4v) is 5.82. The van der Waals surface area contributed by atoms with E-state index in [0.29, 0.717) is 36.0 Å². The molecule has 2 heterocycles. The fraction of sp³-hybridized carbons (Fsp3) is 0.474. The van der Waals surface area contributed by atoms with Crippen molar-refractivity contribution in [2.75, 3.05) is 24.2 Å². The quantitative estimate of drug-likeness (QED) is 0.709. The molecule has 1 amide bonds. The van der Waals surface area contributed by atoms with Gasteiger partial charge in [0.15, 0.2) is 5.13 Å². The summed E-state index contributed by atoms with van der Waals surface area (Å²) in [5.41, 5.74) is 1.12. The molecule has 1 N–H and O–H groups in total. The minimum Gasteiger partial charge on any atom is -0.302 e. The third-order valence-electron chi connectivity index (χ3n) is 4.69. The number of amides is 1. The fourth-order valence-electron chi connectivity index (χ4n) is 3.25. The number of carbonyl (C=O) groups excluding carboxylic acids is 1. The van der Waals surface area contributed by atoms with Crippen molar-refractivity contribution >= 4 is 44.0 Å². The van der Waals surface area contributed by atoms with Gasteiger partial charge >= 0.3 is 0 Å². The molecule has 0 unspecified atom stereocenters. The molecule has 152 valence electrons. The first-order chi connectivity index (χ1) is 13.4. The molecule has 28 heavy (non-hydrogen) atoms. The van der Waals surface area contributed by atoms with E-state index in [-0.39, 0.29) is 24.1 Å². The van der Waals surface area contributed by atoms with Crippen molar-refractivity contribution in [3.63, 3.8) is 0 Å². The second-order valence-corrected chi connectivity index (χ2v) is 10.6. The maximum absolute atomic E-state index is 12.6. The maximum Gasteiger partial charge on any atom is 0.230 e. The van der Waals surface area contributed by atoms with Crippen LogP contribution in [-0.4, -0.2) is 42.5 Å². The Bertz CT molecular complexity index is 913. The monoisotopic (exact) mass is 441 g/mol. The Balaban J connectivity index is 1.58. The Morgan fingerprint density at radius 3 is 2.82 bits per heavy atom. The Kier molecular flexibility index (Phi) is 7.09. The molecule has 1 saturated heterocycles. The smallest absolute Gasteiger partial charge is 0.230 e. The lowest BCUT2D eigenvalue weighted by molar-refractivity contribution is -0.120. The van der Waals surface area contributed by atoms with E-state index in [0.717, 1.165) is 16.9 Å². The second-order valence-electron chi connectivity index (χ2n) is 6.94. The molecule has 1 aliphatic rings. The van der Waals surface area contributed by atoms with E-state index < -0.39 is 10.0 Å². The van der Waals surface area contributed by atoms with Crippen LogP contribution >= 0.6 is 22.9 Å². The highest BCUT2D eigenvalue weighted by atomic mass is 35.5. The minimum atomic E-state index is -3.28. The molecule has 1 aliphatic heterocycles. The first kappa shape index (κ1) is 21.2. The van der Waals surface area contributed by atoms with Crippen LogP contribution in [0.15, 0.2) is 30.5 Å². The van der Waals surface area contributed by atoms with Crippen molar-refractivity contribution in [3.8, 4) is 0 Å². The number of anilines is 1. The lowest BCUT2D eigenvalue weighted by Crippen LogP contribution is -2.44. The van der Waals surface area contributed by atoms with E-state index in [2.05, 4.69) is 10.3 Å². The summed E-state index contributed by atoms with van der Waals surface area (Å²) in [5.74, 6) is -0.380. The zero-order chi connectivity index (χ0) is 20.1. The van der Waals surface area contributed by atoms with Gasteiger partial charge in [-0.1, -0.05) is 30.7 Å². The third-order valence-corrected chi connectivity index (χ3v) is 7.89. The van der Waals surface area contributed by atoms with Gasteiger partial charge in [-0.05, 0) is 37.0 Å². The molecule has 3 rings (SSSR count). The van der Waals surface area contributed by atoms with Gasteiger partial charge in [0, 0.05) is 35.6 Å². The summed E-state index contributed by atoms with van der Waals surface area (Å²) in [7, 11) is -3.28. The molecule has 6 nitrogen and oxygen atoms in total. The van der Waals surface area contributed by atoms with Crippen LogP contribution in [0.2, 0.25) is 5.02 Å². The summed E-state index contributed by atoms with van der Waals surface area (Å²) in [4.78, 5) is 17.9. The summed E-state index contributed by atoms with van der Waals surface area (Å²) in [6.07, 6.45) is 4.43. The summed E-state index contributed by atoms with van der Waals surface area (Å²) >= 11 is 7.34. The Morgan fingerprint density at radius 2 is 2.11 bits per heavy atom. The van der Waals surface area contributed by atoms with E-state index >= 15 is 0 Å². The van der Waals surface area contributed by atoms with Crippen molar-refractivity contribution in [2.45, 2.75) is 32.6 Å². The summed E-state index contributed by atoms with van der Waals surface area (Å²) in [5, 5.41) is 4.10. The number of aromatic nitrogens is 1. The number of halogens is 1. The zero-order valence-electron chi connectivity index (χ0n) is 15.7. The molecule has 0 saturated carbocycles. The van der Waals surface area contributed by atoms with Crippen LogP contribution in [0, 0.1) is 5.92 Å². The SMILES string of the molecule is CCCS(=O)(=O)N1CCC[C@H](C(=O)Nc2ncc(Cc3ccc(Cl)cc3)s2)C1. The highest BCUT2D eigenvalue weighted by Gasteiger charge is 2.32. The van der Waals surface area contributed by atoms with Crippen LogP contribution in [0.25, 0.3) is 0 Å². The Hall–Kier alpha value is -1.48. The number of rotatable bonds is 7. The van der Waals surface area contributed by atoms with E-state index in [1.165, 1.54) is 15.6 Å². The number of nitrogens with zero attached hydrogens (tertiary/aromatic N) is 2. The molecule has 0 radical (unpaired) electrons. The van der Waals surface area contributed by atoms with Crippen molar-refractivity contribution in [2.24, 2.45) is 5.92 Å². The normalized spacial score (nSPS) is 18.1. The lowest BCUT2D eigenvalue weighted by Gasteiger charge is -2.30. The van der Waals surface area contributed by atoms with Crippen molar-refractivity contribution < 1.29 is 13.2 Å². The Morgan fingerprint density at radius 1 is 1.36 bits per heavy atom. The van der Waals surface area contributed by atoms with Crippen LogP contribution < -0.4 is 5.32 Å². The van der Waals surface area contributed by atoms with Gasteiger partial charge in [0.05, 0.1) is 11.7 Å². The second kappa shape index (κ2) is 9.35. The average molecular weight is 442 g/mol. The highest BCUT2D eigenvalue weighted by Crippen LogP contribution is 2.25. The third kappa shape index (κ3) is 5.53. The molecule has 2 aromatic rings. The van der Waals surface area contributed by atoms with E-state index in [1.54, 1.807) is 6.20 Å². The van der Waals surface area contributed by atoms with Gasteiger partial charge in [-0.15, -0.1) is 11.3 Å². The summed E-state index contributed by atoms with van der Waals surface area (Å²) in [6.45, 7) is 2.58. The number of piperidine rings is 1. The van der Waals surface area contributed by atoms with Crippen LogP contribution in [-0.2, 0) is 21.2 Å². The van der Waals surface area contributed by atoms with E-state index in [9.17, 15) is 13.2 Å². The van der Waals surface area contributed by atoms with Gasteiger partial charge in [0.25, 0.3) is 0 Å². The first-order valence-corrected chi connectivity index (χ1v) is 12.2. The standard InChI is InChI=1S/C19H24ClN3O3S2/c1-2-10-28(25,26)23-9-3-4-15(13-23)18(24)22-19-21-12-17(27-19)11-14-5-7-16(20)8-6-14/h5-8,12,15H,2-4,9-11,13H2,1H3,(H,21,22,24)/t15-/m0/s1. The average Bonchev–Trinajstić information content (AvgIpc) is 3.10. The maximum atomic E-state index is 12.6. The number of benzene rings is 1. The number of sulfonamides is 1. The van der Waals surface area contributed by atoms with Gasteiger partial charge in [-0.3, -0.25) is 4.79 Å². The summed E-state index contributed by atoms with van der Waals surface area (Å²) < 4.78 is 26.0. The minimum absolute atomic E-state index is 0.127. The van der Waals surface area contributed by atoms with Crippen molar-refractivity contribution in [1.82, 2.24) is 9.29 Å². The molecule has 0 bridgehead atoms. The largest absolute Gasteiger partial charge is 0.302 e. The van der Waals surface area contributed by atoms with Crippen LogP contribution in [0.3, 0.4) is 0 Å². The predicted octanol–water partition coefficient (Wildman–Crippen LogP) is 3.78. The number of hydrogen-bond acceptors (Lipinski definition) is 5. The molecule has 1 fully saturated rings. The van der Waals surface area contributed by atoms with Gasteiger partial charge in [-0.2, -0.15) is 0 Å². The molecular formula is C19H24ClN3O3S2. The number of hydrogen-bond donors (Lipinski definition) is 1. The molecule has 0 aliphatic carbocycles. The van der Waals surface area contributed by atoms with E-state index in [4.69, 9.17) is 11.6 Å². The summed E-state index contributed by atoms with van der Waals surface area (Å²) in [6, 6.07) is 7.63. The first-order valence-electron chi connectivity index (χ1n) is 9.35. The van der Waals surface area contributed by atoms with Gasteiger partial charge in [0.1, 0.15) is 0 Å². The van der Waals surface area contributed by atoms with E-state index in [1.807, 2.05) is 31.2 Å². The topological polar surface area (TPSA) is 79.4 Å². The van der Waals surface area contributed by atoms with Crippen LogP contribution in [0.5, 0.6) is 0 Å². The van der Waals surface area contributed by atoms with Gasteiger partial charge < -0.3 is 5.32 Å². The highest BCUT2D eigenvalue weighted by molar-refractivity contribution is 7.89. The zero-order valence-corrected chi connectivity index (χ0v) is 18.1. The van der Waals surface area contributed by atoms with Crippen LogP contribution in [0.4, 0.5) is 5.13 Å². The number of thiazole rings is 1. The van der Waals surface area contributed by atoms with Crippen molar-refractivity contribution in [3.05, 3.63) is 45.9 Å². The Labute approximate surface area is 175 Å². The number of nitrogens with one attached hydrogen (secondary N) is 1. The van der Waals surface area contributed by atoms with Crippen LogP contribution in [0.1, 0.15) is 36.6 Å².